The summed E-state index contributed by atoms with van der Waals surface area (Å²) in [5.41, 5.74) is 0.816. The van der Waals surface area contributed by atoms with E-state index in [1.165, 1.54) is 43.4 Å². The van der Waals surface area contributed by atoms with E-state index in [0.29, 0.717) is 20.7 Å². The zero-order chi connectivity index (χ0) is 21.3. The highest BCUT2D eigenvalue weighted by Gasteiger charge is 2.14. The lowest BCUT2D eigenvalue weighted by Gasteiger charge is -2.06. The Balaban J connectivity index is 1.54. The molecule has 0 saturated heterocycles. The molecule has 0 aliphatic rings. The molecule has 0 atom stereocenters. The molecule has 1 aromatic carbocycles. The van der Waals surface area contributed by atoms with Crippen LogP contribution < -0.4 is 5.32 Å². The molecule has 0 fully saturated rings. The van der Waals surface area contributed by atoms with Crippen LogP contribution in [-0.2, 0) is 17.8 Å². The monoisotopic (exact) mass is 464 g/mol. The maximum absolute atomic E-state index is 12.5. The van der Waals surface area contributed by atoms with Crippen molar-refractivity contribution in [2.24, 2.45) is 0 Å². The predicted octanol–water partition coefficient (Wildman–Crippen LogP) is 5.65. The smallest absolute Gasteiger partial charge is 0.246 e. The number of benzene rings is 1. The Kier molecular flexibility index (Phi) is 8.53. The van der Waals surface area contributed by atoms with Crippen LogP contribution in [0.5, 0.6) is 0 Å². The van der Waals surface area contributed by atoms with E-state index in [0.717, 1.165) is 23.4 Å². The first-order valence-electron chi connectivity index (χ1n) is 10.1. The number of hydrogen-bond acceptors (Lipinski definition) is 6. The van der Waals surface area contributed by atoms with Crippen LogP contribution in [0.25, 0.3) is 11.4 Å². The van der Waals surface area contributed by atoms with E-state index in [2.05, 4.69) is 32.6 Å². The van der Waals surface area contributed by atoms with Crippen molar-refractivity contribution in [1.82, 2.24) is 25.0 Å². The summed E-state index contributed by atoms with van der Waals surface area (Å²) >= 11 is 12.7. The number of nitrogens with one attached hydrogen (secondary N) is 2. The molecule has 7 nitrogen and oxygen atoms in total. The number of H-pyrrole nitrogens is 1. The second kappa shape index (κ2) is 11.3. The van der Waals surface area contributed by atoms with Crippen molar-refractivity contribution < 1.29 is 4.79 Å². The number of aromatic amines is 1. The molecule has 10 heteroatoms. The maximum atomic E-state index is 12.5. The largest absolute Gasteiger partial charge is 0.299 e. The first-order chi connectivity index (χ1) is 14.6. The minimum Gasteiger partial charge on any atom is -0.299 e. The van der Waals surface area contributed by atoms with Gasteiger partial charge < -0.3 is 0 Å². The number of hydrogen-bond donors (Lipinski definition) is 2. The zero-order valence-electron chi connectivity index (χ0n) is 16.9. The number of nitrogens with zero attached hydrogens (tertiary/aromatic N) is 4. The highest BCUT2D eigenvalue weighted by atomic mass is 35.5. The summed E-state index contributed by atoms with van der Waals surface area (Å²) in [6.45, 7) is 2.25. The summed E-state index contributed by atoms with van der Waals surface area (Å²) in [4.78, 5) is 12.5. The van der Waals surface area contributed by atoms with Gasteiger partial charge in [-0.05, 0) is 42.9 Å². The molecular weight excluding hydrogens is 440 g/mol. The third-order valence-corrected chi connectivity index (χ3v) is 6.08. The van der Waals surface area contributed by atoms with Crippen LogP contribution in [0.4, 0.5) is 5.13 Å². The summed E-state index contributed by atoms with van der Waals surface area (Å²) in [5, 5.41) is 20.1. The number of aromatic nitrogens is 5. The summed E-state index contributed by atoms with van der Waals surface area (Å²) in [6, 6.07) is 7.21. The second-order valence-corrected chi connectivity index (χ2v) is 8.90. The van der Waals surface area contributed by atoms with Gasteiger partial charge in [-0.3, -0.25) is 19.8 Å². The SMILES string of the molecule is CCCCCCCCc1nnc(NC(=O)Cn2c(-c3ccc(Cl)cc3)n[nH]c2=S)s1. The zero-order valence-corrected chi connectivity index (χ0v) is 19.2. The van der Waals surface area contributed by atoms with E-state index in [4.69, 9.17) is 23.8 Å². The van der Waals surface area contributed by atoms with Crippen LogP contribution in [0.2, 0.25) is 5.02 Å². The summed E-state index contributed by atoms with van der Waals surface area (Å²) < 4.78 is 2.02. The first-order valence-corrected chi connectivity index (χ1v) is 11.7. The van der Waals surface area contributed by atoms with E-state index < -0.39 is 0 Å². The number of rotatable bonds is 11. The van der Waals surface area contributed by atoms with Gasteiger partial charge in [-0.2, -0.15) is 5.10 Å². The molecule has 1 amide bonds. The number of carbonyl (C=O) groups excluding carboxylic acids is 1. The van der Waals surface area contributed by atoms with Gasteiger partial charge in [-0.1, -0.05) is 62.0 Å². The Morgan fingerprint density at radius 3 is 2.67 bits per heavy atom. The summed E-state index contributed by atoms with van der Waals surface area (Å²) in [7, 11) is 0. The van der Waals surface area contributed by atoms with Crippen LogP contribution in [0.15, 0.2) is 24.3 Å². The molecule has 0 radical (unpaired) electrons. The van der Waals surface area contributed by atoms with Crippen molar-refractivity contribution in [1.29, 1.82) is 0 Å². The molecule has 0 spiro atoms. The fourth-order valence-electron chi connectivity index (χ4n) is 3.05. The molecule has 0 saturated carbocycles. The summed E-state index contributed by atoms with van der Waals surface area (Å²) in [6.07, 6.45) is 8.31. The molecule has 0 bridgehead atoms. The Morgan fingerprint density at radius 2 is 1.90 bits per heavy atom. The quantitative estimate of drug-likeness (QED) is 0.282. The number of aryl methyl sites for hydroxylation is 1. The minimum atomic E-state index is -0.232. The van der Waals surface area contributed by atoms with Gasteiger partial charge in [0.2, 0.25) is 11.0 Å². The van der Waals surface area contributed by atoms with Gasteiger partial charge in [-0.25, -0.2) is 0 Å². The molecule has 2 heterocycles. The minimum absolute atomic E-state index is 0.0274. The fraction of sp³-hybridized carbons (Fsp3) is 0.450. The van der Waals surface area contributed by atoms with Gasteiger partial charge in [0.25, 0.3) is 0 Å². The van der Waals surface area contributed by atoms with E-state index >= 15 is 0 Å². The molecule has 0 aliphatic carbocycles. The van der Waals surface area contributed by atoms with Crippen molar-refractivity contribution in [3.63, 3.8) is 0 Å². The number of carbonyl (C=O) groups is 1. The Bertz CT molecular complexity index is 1010. The third-order valence-electron chi connectivity index (χ3n) is 4.62. The van der Waals surface area contributed by atoms with Crippen LogP contribution in [-0.4, -0.2) is 30.9 Å². The van der Waals surface area contributed by atoms with Crippen molar-refractivity contribution in [3.05, 3.63) is 39.1 Å². The van der Waals surface area contributed by atoms with Crippen LogP contribution >= 0.6 is 35.2 Å². The third kappa shape index (κ3) is 6.45. The van der Waals surface area contributed by atoms with Crippen molar-refractivity contribution >= 4 is 46.2 Å². The maximum Gasteiger partial charge on any atom is 0.246 e. The highest BCUT2D eigenvalue weighted by Crippen LogP contribution is 2.21. The van der Waals surface area contributed by atoms with Crippen LogP contribution in [0.1, 0.15) is 50.5 Å². The number of anilines is 1. The van der Waals surface area contributed by atoms with Gasteiger partial charge in [0.15, 0.2) is 10.6 Å². The van der Waals surface area contributed by atoms with E-state index in [1.54, 1.807) is 16.7 Å². The molecule has 3 aromatic rings. The molecule has 0 aliphatic heterocycles. The van der Waals surface area contributed by atoms with Gasteiger partial charge in [0, 0.05) is 17.0 Å². The normalized spacial score (nSPS) is 11.0. The average molecular weight is 465 g/mol. The Hall–Kier alpha value is -2.10. The average Bonchev–Trinajstić information content (AvgIpc) is 3.32. The van der Waals surface area contributed by atoms with E-state index in [-0.39, 0.29) is 12.5 Å². The number of halogens is 1. The standard InChI is InChI=1S/C20H25ClN6OS2/c1-2-3-4-5-6-7-8-17-23-25-19(30-17)22-16(28)13-27-18(24-26-20(27)29)14-9-11-15(21)12-10-14/h9-12H,2-8,13H2,1H3,(H,26,29)(H,22,25,28). The molecular formula is C20H25ClN6OS2. The van der Waals surface area contributed by atoms with Gasteiger partial charge in [0.05, 0.1) is 0 Å². The lowest BCUT2D eigenvalue weighted by atomic mass is 10.1. The molecule has 3 rings (SSSR count). The Morgan fingerprint density at radius 1 is 1.17 bits per heavy atom. The van der Waals surface area contributed by atoms with Gasteiger partial charge in [-0.15, -0.1) is 10.2 Å². The highest BCUT2D eigenvalue weighted by molar-refractivity contribution is 7.71. The van der Waals surface area contributed by atoms with Crippen molar-refractivity contribution in [2.75, 3.05) is 5.32 Å². The van der Waals surface area contributed by atoms with Gasteiger partial charge in [0.1, 0.15) is 11.6 Å². The van der Waals surface area contributed by atoms with Crippen molar-refractivity contribution in [2.45, 2.75) is 58.4 Å². The van der Waals surface area contributed by atoms with Crippen LogP contribution in [0, 0.1) is 4.77 Å². The molecule has 0 unspecified atom stereocenters. The van der Waals surface area contributed by atoms with Gasteiger partial charge >= 0.3 is 0 Å². The van der Waals surface area contributed by atoms with Crippen molar-refractivity contribution in [3.8, 4) is 11.4 Å². The lowest BCUT2D eigenvalue weighted by Crippen LogP contribution is -2.19. The van der Waals surface area contributed by atoms with Crippen LogP contribution in [0.3, 0.4) is 0 Å². The number of amides is 1. The Labute approximate surface area is 189 Å². The first kappa shape index (κ1) is 22.6. The number of unbranched alkanes of at least 4 members (excludes halogenated alkanes) is 5. The summed E-state index contributed by atoms with van der Waals surface area (Å²) in [5.74, 6) is 0.345. The second-order valence-electron chi connectivity index (χ2n) is 7.01. The molecule has 30 heavy (non-hydrogen) atoms. The topological polar surface area (TPSA) is 88.5 Å². The lowest BCUT2D eigenvalue weighted by molar-refractivity contribution is -0.116. The fourth-order valence-corrected chi connectivity index (χ4v) is 4.17. The van der Waals surface area contributed by atoms with E-state index in [1.807, 2.05) is 12.1 Å². The molecule has 2 N–H and O–H groups in total. The molecule has 160 valence electrons. The van der Waals surface area contributed by atoms with E-state index in [9.17, 15) is 4.79 Å². The molecule has 2 aromatic heterocycles. The predicted molar refractivity (Wildman–Crippen MR) is 123 cm³/mol.